The molecular weight excluding hydrogens is 426 g/mol. The van der Waals surface area contributed by atoms with Crippen LogP contribution >= 0.6 is 23.8 Å². The number of nitrogens with one attached hydrogen (secondary N) is 1. The third kappa shape index (κ3) is 4.94. The van der Waals surface area contributed by atoms with Crippen LogP contribution in [0.3, 0.4) is 0 Å². The van der Waals surface area contributed by atoms with E-state index >= 15 is 0 Å². The third-order valence-electron chi connectivity index (χ3n) is 3.96. The van der Waals surface area contributed by atoms with E-state index in [2.05, 4.69) is 27.8 Å². The summed E-state index contributed by atoms with van der Waals surface area (Å²) in [5.74, 6) is 0.876. The number of nitrogens with zero attached hydrogens (tertiary/aromatic N) is 3. The molecule has 0 fully saturated rings. The highest BCUT2D eigenvalue weighted by Gasteiger charge is 2.15. The molecule has 3 aromatic rings. The van der Waals surface area contributed by atoms with Crippen LogP contribution in [-0.4, -0.2) is 28.2 Å². The third-order valence-corrected chi connectivity index (χ3v) is 4.40. The average molecular weight is 444 g/mol. The van der Waals surface area contributed by atoms with Crippen LogP contribution in [-0.2, 0) is 0 Å². The van der Waals surface area contributed by atoms with Gasteiger partial charge in [-0.2, -0.15) is 14.9 Å². The van der Waals surface area contributed by atoms with E-state index in [4.69, 9.17) is 26.8 Å². The first-order valence-corrected chi connectivity index (χ1v) is 9.47. The molecule has 154 valence electrons. The Hall–Kier alpha value is -3.43. The van der Waals surface area contributed by atoms with E-state index in [1.54, 1.807) is 30.3 Å². The van der Waals surface area contributed by atoms with E-state index in [0.29, 0.717) is 22.7 Å². The number of nitrogens with two attached hydrogens (primary N) is 1. The molecule has 0 atom stereocenters. The van der Waals surface area contributed by atoms with E-state index in [1.165, 1.54) is 24.2 Å². The molecule has 1 aromatic heterocycles. The summed E-state index contributed by atoms with van der Waals surface area (Å²) in [6.07, 6.45) is 2.90. The largest absolute Gasteiger partial charge is 0.493 e. The van der Waals surface area contributed by atoms with Gasteiger partial charge in [-0.05, 0) is 55.0 Å². The number of rotatable bonds is 6. The fraction of sp³-hybridized carbons (Fsp3) is 0.100. The van der Waals surface area contributed by atoms with Crippen LogP contribution in [0.5, 0.6) is 17.2 Å². The Labute approximate surface area is 182 Å². The summed E-state index contributed by atoms with van der Waals surface area (Å²) in [5, 5.41) is 8.01. The first-order valence-electron chi connectivity index (χ1n) is 8.68. The summed E-state index contributed by atoms with van der Waals surface area (Å²) in [4.78, 5) is 12.7. The Morgan fingerprint density at radius 3 is 2.63 bits per heavy atom. The SMILES string of the molecule is COc1cc(C=NNC(N)=S)ccc1Oc1cnn(-c2ccc(C)cc2)c(=O)c1Cl. The molecule has 0 aliphatic heterocycles. The van der Waals surface area contributed by atoms with E-state index in [1.807, 2.05) is 19.1 Å². The molecule has 10 heteroatoms. The zero-order valence-electron chi connectivity index (χ0n) is 16.1. The molecule has 2 aromatic carbocycles. The second-order valence-corrected chi connectivity index (χ2v) is 6.94. The van der Waals surface area contributed by atoms with Gasteiger partial charge in [-0.15, -0.1) is 0 Å². The van der Waals surface area contributed by atoms with Crippen molar-refractivity contribution in [3.05, 3.63) is 75.2 Å². The number of hydrogen-bond acceptors (Lipinski definition) is 6. The van der Waals surface area contributed by atoms with Gasteiger partial charge in [-0.1, -0.05) is 29.3 Å². The van der Waals surface area contributed by atoms with Crippen molar-refractivity contribution >= 4 is 35.1 Å². The van der Waals surface area contributed by atoms with Gasteiger partial charge in [0.1, 0.15) is 0 Å². The van der Waals surface area contributed by atoms with Crippen LogP contribution in [0.4, 0.5) is 0 Å². The number of benzene rings is 2. The van der Waals surface area contributed by atoms with Gasteiger partial charge < -0.3 is 15.2 Å². The monoisotopic (exact) mass is 443 g/mol. The summed E-state index contributed by atoms with van der Waals surface area (Å²) in [5.41, 5.74) is 9.67. The van der Waals surface area contributed by atoms with Crippen molar-refractivity contribution in [2.75, 3.05) is 7.11 Å². The number of methoxy groups -OCH3 is 1. The molecule has 30 heavy (non-hydrogen) atoms. The Kier molecular flexibility index (Phi) is 6.65. The molecule has 0 saturated carbocycles. The number of ether oxygens (including phenoxy) is 2. The zero-order valence-corrected chi connectivity index (χ0v) is 17.7. The average Bonchev–Trinajstić information content (AvgIpc) is 2.73. The molecule has 0 aliphatic rings. The lowest BCUT2D eigenvalue weighted by Gasteiger charge is -2.13. The number of hydrazone groups is 1. The first-order chi connectivity index (χ1) is 14.4. The summed E-state index contributed by atoms with van der Waals surface area (Å²) < 4.78 is 12.4. The zero-order chi connectivity index (χ0) is 21.7. The lowest BCUT2D eigenvalue weighted by molar-refractivity contribution is 0.377. The fourth-order valence-electron chi connectivity index (χ4n) is 2.50. The van der Waals surface area contributed by atoms with Crippen molar-refractivity contribution in [3.8, 4) is 22.9 Å². The number of thiocarbonyl (C=S) groups is 1. The Balaban J connectivity index is 1.88. The van der Waals surface area contributed by atoms with Crippen molar-refractivity contribution < 1.29 is 9.47 Å². The minimum absolute atomic E-state index is 0.0562. The van der Waals surface area contributed by atoms with Crippen molar-refractivity contribution in [3.63, 3.8) is 0 Å². The Bertz CT molecular complexity index is 1160. The van der Waals surface area contributed by atoms with Gasteiger partial charge in [0.15, 0.2) is 27.4 Å². The van der Waals surface area contributed by atoms with E-state index in [0.717, 1.165) is 5.56 Å². The van der Waals surface area contributed by atoms with E-state index in [-0.39, 0.29) is 15.9 Å². The molecule has 1 heterocycles. The second kappa shape index (κ2) is 9.38. The van der Waals surface area contributed by atoms with Gasteiger partial charge in [0.2, 0.25) is 0 Å². The maximum Gasteiger partial charge on any atom is 0.294 e. The molecule has 0 radical (unpaired) electrons. The highest BCUT2D eigenvalue weighted by Crippen LogP contribution is 2.34. The highest BCUT2D eigenvalue weighted by atomic mass is 35.5. The van der Waals surface area contributed by atoms with Gasteiger partial charge >= 0.3 is 0 Å². The van der Waals surface area contributed by atoms with Crippen LogP contribution in [0.2, 0.25) is 5.02 Å². The molecule has 8 nitrogen and oxygen atoms in total. The topological polar surface area (TPSA) is 104 Å². The minimum Gasteiger partial charge on any atom is -0.493 e. The lowest BCUT2D eigenvalue weighted by Crippen LogP contribution is -2.23. The van der Waals surface area contributed by atoms with Gasteiger partial charge in [0, 0.05) is 0 Å². The van der Waals surface area contributed by atoms with Crippen LogP contribution in [0.1, 0.15) is 11.1 Å². The van der Waals surface area contributed by atoms with Gasteiger partial charge in [-0.25, -0.2) is 0 Å². The molecular formula is C20H18ClN5O3S. The highest BCUT2D eigenvalue weighted by molar-refractivity contribution is 7.80. The standard InChI is InChI=1S/C20H18ClN5O3S/c1-12-3-6-14(7-4-12)26-19(27)18(21)17(11-24-26)29-15-8-5-13(9-16(15)28-2)10-23-25-20(22)30/h3-11H,1-2H3,(H3,22,25,30). The van der Waals surface area contributed by atoms with Gasteiger partial charge in [-0.3, -0.25) is 10.2 Å². The maximum absolute atomic E-state index is 12.7. The van der Waals surface area contributed by atoms with E-state index in [9.17, 15) is 4.79 Å². The van der Waals surface area contributed by atoms with Gasteiger partial charge in [0.05, 0.1) is 25.2 Å². The summed E-state index contributed by atoms with van der Waals surface area (Å²) in [7, 11) is 1.49. The Morgan fingerprint density at radius 2 is 1.97 bits per heavy atom. The lowest BCUT2D eigenvalue weighted by atomic mass is 10.2. The molecule has 3 N–H and O–H groups in total. The van der Waals surface area contributed by atoms with Crippen molar-refractivity contribution in [2.24, 2.45) is 10.8 Å². The molecule has 0 aliphatic carbocycles. The molecule has 3 rings (SSSR count). The predicted molar refractivity (Wildman–Crippen MR) is 120 cm³/mol. The fourth-order valence-corrected chi connectivity index (χ4v) is 2.72. The Morgan fingerprint density at radius 1 is 1.23 bits per heavy atom. The van der Waals surface area contributed by atoms with E-state index < -0.39 is 5.56 Å². The minimum atomic E-state index is -0.496. The number of aromatic nitrogens is 2. The van der Waals surface area contributed by atoms with Crippen LogP contribution in [0, 0.1) is 6.92 Å². The second-order valence-electron chi connectivity index (χ2n) is 6.12. The number of aryl methyl sites for hydroxylation is 1. The summed E-state index contributed by atoms with van der Waals surface area (Å²) >= 11 is 10.9. The summed E-state index contributed by atoms with van der Waals surface area (Å²) in [6.45, 7) is 1.96. The van der Waals surface area contributed by atoms with Crippen LogP contribution in [0.25, 0.3) is 5.69 Å². The molecule has 0 unspecified atom stereocenters. The van der Waals surface area contributed by atoms with Crippen LogP contribution in [0.15, 0.2) is 58.6 Å². The molecule has 0 bridgehead atoms. The van der Waals surface area contributed by atoms with Crippen molar-refractivity contribution in [1.29, 1.82) is 0 Å². The smallest absolute Gasteiger partial charge is 0.294 e. The van der Waals surface area contributed by atoms with Crippen molar-refractivity contribution in [1.82, 2.24) is 15.2 Å². The predicted octanol–water partition coefficient (Wildman–Crippen LogP) is 3.16. The van der Waals surface area contributed by atoms with Crippen LogP contribution < -0.4 is 26.2 Å². The van der Waals surface area contributed by atoms with Gasteiger partial charge in [0.25, 0.3) is 5.56 Å². The molecule has 0 spiro atoms. The first kappa shape index (κ1) is 21.3. The normalized spacial score (nSPS) is 10.8. The molecule has 0 amide bonds. The summed E-state index contributed by atoms with van der Waals surface area (Å²) in [6, 6.07) is 12.4. The quantitative estimate of drug-likeness (QED) is 0.342. The molecule has 0 saturated heterocycles. The number of hydrogen-bond donors (Lipinski definition) is 2. The maximum atomic E-state index is 12.7. The number of halogens is 1. The van der Waals surface area contributed by atoms with Crippen molar-refractivity contribution in [2.45, 2.75) is 6.92 Å².